The van der Waals surface area contributed by atoms with E-state index < -0.39 is 0 Å². The minimum absolute atomic E-state index is 0.262. The first-order valence-corrected chi connectivity index (χ1v) is 9.50. The molecule has 3 rings (SSSR count). The van der Waals surface area contributed by atoms with Gasteiger partial charge >= 0.3 is 0 Å². The number of fused-ring (bicyclic) bond motifs is 1. The summed E-state index contributed by atoms with van der Waals surface area (Å²) < 4.78 is 1.96. The first-order chi connectivity index (χ1) is 12.0. The zero-order chi connectivity index (χ0) is 18.0. The van der Waals surface area contributed by atoms with E-state index in [1.165, 1.54) is 11.3 Å². The predicted molar refractivity (Wildman–Crippen MR) is 110 cm³/mol. The van der Waals surface area contributed by atoms with Crippen LogP contribution in [0.25, 0.3) is 5.57 Å². The van der Waals surface area contributed by atoms with Gasteiger partial charge < -0.3 is 0 Å². The Morgan fingerprint density at radius 1 is 1.32 bits per heavy atom. The summed E-state index contributed by atoms with van der Waals surface area (Å²) >= 11 is 1.73. The van der Waals surface area contributed by atoms with Gasteiger partial charge in [0, 0.05) is 29.5 Å². The molecule has 2 aromatic rings. The van der Waals surface area contributed by atoms with Gasteiger partial charge in [-0.3, -0.25) is 4.99 Å². The van der Waals surface area contributed by atoms with E-state index in [1.807, 2.05) is 30.8 Å². The summed E-state index contributed by atoms with van der Waals surface area (Å²) in [6, 6.07) is 8.60. The van der Waals surface area contributed by atoms with Gasteiger partial charge in [0.05, 0.1) is 16.9 Å². The number of aromatic nitrogens is 2. The summed E-state index contributed by atoms with van der Waals surface area (Å²) in [5.74, 6) is 1.76. The Labute approximate surface area is 153 Å². The first-order valence-electron chi connectivity index (χ1n) is 8.51. The highest BCUT2D eigenvalue weighted by Crippen LogP contribution is 2.30. The Morgan fingerprint density at radius 2 is 2.08 bits per heavy atom. The molecule has 130 valence electrons. The minimum atomic E-state index is 0.262. The van der Waals surface area contributed by atoms with Crippen molar-refractivity contribution in [1.29, 1.82) is 0 Å². The largest absolute Gasteiger partial charge is 0.256 e. The second-order valence-electron chi connectivity index (χ2n) is 6.60. The van der Waals surface area contributed by atoms with Crippen LogP contribution < -0.4 is 0 Å². The van der Waals surface area contributed by atoms with Crippen LogP contribution in [0.4, 0.5) is 11.5 Å². The number of nitrogens with zero attached hydrogens (tertiary/aromatic N) is 4. The summed E-state index contributed by atoms with van der Waals surface area (Å²) in [5.41, 5.74) is 5.63. The third-order valence-electron chi connectivity index (χ3n) is 4.09. The fourth-order valence-corrected chi connectivity index (χ4v) is 3.49. The van der Waals surface area contributed by atoms with Crippen LogP contribution in [0.2, 0.25) is 0 Å². The number of para-hydroxylation sites is 1. The number of allylic oxidation sites excluding steroid dienone is 1. The van der Waals surface area contributed by atoms with Crippen LogP contribution in [0.5, 0.6) is 0 Å². The van der Waals surface area contributed by atoms with E-state index in [0.717, 1.165) is 39.9 Å². The molecule has 1 aromatic carbocycles. The van der Waals surface area contributed by atoms with Crippen LogP contribution >= 0.6 is 11.8 Å². The Morgan fingerprint density at radius 3 is 2.76 bits per heavy atom. The quantitative estimate of drug-likeness (QED) is 0.518. The van der Waals surface area contributed by atoms with Gasteiger partial charge in [-0.25, -0.2) is 9.67 Å². The molecule has 25 heavy (non-hydrogen) atoms. The van der Waals surface area contributed by atoms with Crippen molar-refractivity contribution in [3.63, 3.8) is 0 Å². The summed E-state index contributed by atoms with van der Waals surface area (Å²) in [6.07, 6.45) is 2.80. The lowest BCUT2D eigenvalue weighted by atomic mass is 10.1. The second-order valence-corrected chi connectivity index (χ2v) is 7.77. The maximum absolute atomic E-state index is 4.84. The van der Waals surface area contributed by atoms with Crippen molar-refractivity contribution in [3.05, 3.63) is 48.2 Å². The lowest BCUT2D eigenvalue weighted by Crippen LogP contribution is -2.05. The summed E-state index contributed by atoms with van der Waals surface area (Å²) in [5, 5.41) is 5.49. The number of thioether (sulfide) groups is 1. The number of aliphatic imine (C=N–C) groups is 2. The van der Waals surface area contributed by atoms with E-state index in [-0.39, 0.29) is 6.04 Å². The Hall–Kier alpha value is -2.14. The van der Waals surface area contributed by atoms with Crippen LogP contribution in [0.1, 0.15) is 44.9 Å². The zero-order valence-electron chi connectivity index (χ0n) is 15.3. The monoisotopic (exact) mass is 352 g/mol. The van der Waals surface area contributed by atoms with E-state index in [0.29, 0.717) is 0 Å². The van der Waals surface area contributed by atoms with Gasteiger partial charge in [-0.15, -0.1) is 11.8 Å². The van der Waals surface area contributed by atoms with Crippen molar-refractivity contribution < 1.29 is 0 Å². The van der Waals surface area contributed by atoms with Crippen LogP contribution in [-0.4, -0.2) is 26.3 Å². The average molecular weight is 353 g/mol. The molecule has 4 nitrogen and oxygen atoms in total. The molecule has 0 fully saturated rings. The topological polar surface area (TPSA) is 42.5 Å². The normalized spacial score (nSPS) is 14.0. The van der Waals surface area contributed by atoms with Crippen LogP contribution in [0, 0.1) is 0 Å². The fraction of sp³-hybridized carbons (Fsp3) is 0.350. The van der Waals surface area contributed by atoms with E-state index in [1.54, 1.807) is 11.8 Å². The molecule has 5 heteroatoms. The molecule has 1 aromatic heterocycles. The molecule has 0 unspecified atom stereocenters. The highest BCUT2D eigenvalue weighted by atomic mass is 32.2. The number of benzene rings is 1. The second kappa shape index (κ2) is 7.40. The van der Waals surface area contributed by atoms with E-state index in [2.05, 4.69) is 43.7 Å². The third kappa shape index (κ3) is 3.93. The number of rotatable bonds is 5. The molecule has 1 aliphatic heterocycles. The third-order valence-corrected chi connectivity index (χ3v) is 5.08. The summed E-state index contributed by atoms with van der Waals surface area (Å²) in [7, 11) is 0. The van der Waals surface area contributed by atoms with Crippen molar-refractivity contribution in [1.82, 2.24) is 9.78 Å². The fourth-order valence-electron chi connectivity index (χ4n) is 2.80. The van der Waals surface area contributed by atoms with Crippen molar-refractivity contribution in [2.24, 2.45) is 9.98 Å². The SMILES string of the molecule is C=C(C)c1cnn(C(C)C)c1N=C(C)SCC1=Nc2ccccc2C1. The van der Waals surface area contributed by atoms with Crippen LogP contribution in [-0.2, 0) is 6.42 Å². The average Bonchev–Trinajstić information content (AvgIpc) is 3.16. The van der Waals surface area contributed by atoms with Gasteiger partial charge in [0.1, 0.15) is 0 Å². The molecule has 0 bridgehead atoms. The van der Waals surface area contributed by atoms with E-state index >= 15 is 0 Å². The molecule has 0 amide bonds. The molecular weight excluding hydrogens is 328 g/mol. The van der Waals surface area contributed by atoms with Crippen molar-refractivity contribution in [2.75, 3.05) is 5.75 Å². The van der Waals surface area contributed by atoms with E-state index in [9.17, 15) is 0 Å². The Balaban J connectivity index is 1.73. The Kier molecular flexibility index (Phi) is 5.23. The van der Waals surface area contributed by atoms with Gasteiger partial charge in [0.25, 0.3) is 0 Å². The molecule has 0 radical (unpaired) electrons. The molecule has 1 aliphatic rings. The lowest BCUT2D eigenvalue weighted by molar-refractivity contribution is 0.537. The smallest absolute Gasteiger partial charge is 0.159 e. The van der Waals surface area contributed by atoms with Gasteiger partial charge in [-0.2, -0.15) is 5.10 Å². The standard InChI is InChI=1S/C20H24N4S/c1-13(2)18-11-21-24(14(3)4)20(18)22-15(5)25-12-17-10-16-8-6-7-9-19(16)23-17/h6-9,11,14H,1,10,12H2,2-5H3. The molecule has 0 saturated carbocycles. The number of hydrogen-bond acceptors (Lipinski definition) is 4. The first kappa shape index (κ1) is 17.7. The zero-order valence-corrected chi connectivity index (χ0v) is 16.1. The van der Waals surface area contributed by atoms with Crippen LogP contribution in [0.3, 0.4) is 0 Å². The van der Waals surface area contributed by atoms with Gasteiger partial charge in [-0.1, -0.05) is 24.8 Å². The minimum Gasteiger partial charge on any atom is -0.256 e. The maximum Gasteiger partial charge on any atom is 0.159 e. The van der Waals surface area contributed by atoms with E-state index in [4.69, 9.17) is 9.98 Å². The molecule has 0 spiro atoms. The molecule has 0 aliphatic carbocycles. The summed E-state index contributed by atoms with van der Waals surface area (Å²) in [6.45, 7) is 12.3. The molecule has 0 atom stereocenters. The Bertz CT molecular complexity index is 858. The van der Waals surface area contributed by atoms with Crippen LogP contribution in [0.15, 0.2) is 47.0 Å². The van der Waals surface area contributed by atoms with Crippen molar-refractivity contribution in [3.8, 4) is 0 Å². The van der Waals surface area contributed by atoms with Crippen molar-refractivity contribution >= 4 is 39.6 Å². The van der Waals surface area contributed by atoms with Crippen molar-refractivity contribution in [2.45, 2.75) is 40.2 Å². The number of hydrogen-bond donors (Lipinski definition) is 0. The van der Waals surface area contributed by atoms with Gasteiger partial charge in [-0.05, 0) is 44.9 Å². The molecular formula is C20H24N4S. The highest BCUT2D eigenvalue weighted by molar-refractivity contribution is 8.14. The maximum atomic E-state index is 4.84. The van der Waals surface area contributed by atoms with Gasteiger partial charge in [0.15, 0.2) is 5.82 Å². The van der Waals surface area contributed by atoms with Gasteiger partial charge in [0.2, 0.25) is 0 Å². The molecule has 0 N–H and O–H groups in total. The molecule has 2 heterocycles. The predicted octanol–water partition coefficient (Wildman–Crippen LogP) is 5.61. The highest BCUT2D eigenvalue weighted by Gasteiger charge is 2.16. The lowest BCUT2D eigenvalue weighted by Gasteiger charge is -2.10. The summed E-state index contributed by atoms with van der Waals surface area (Å²) in [4.78, 5) is 9.56. The molecule has 0 saturated heterocycles.